The number of benzene rings is 1. The highest BCUT2D eigenvalue weighted by molar-refractivity contribution is 6.30. The zero-order chi connectivity index (χ0) is 15.4. The summed E-state index contributed by atoms with van der Waals surface area (Å²) in [6, 6.07) is 10.3. The summed E-state index contributed by atoms with van der Waals surface area (Å²) in [5.41, 5.74) is 1.79. The molecule has 0 saturated carbocycles. The van der Waals surface area contributed by atoms with Crippen molar-refractivity contribution in [2.24, 2.45) is 0 Å². The fourth-order valence-corrected chi connectivity index (χ4v) is 2.11. The monoisotopic (exact) mass is 313 g/mol. The van der Waals surface area contributed by atoms with Gasteiger partial charge in [-0.2, -0.15) is 0 Å². The number of rotatable bonds is 4. The number of furan rings is 1. The molecule has 1 aromatic carbocycles. The Balaban J connectivity index is 1.74. The van der Waals surface area contributed by atoms with Gasteiger partial charge in [0.25, 0.3) is 5.91 Å². The second-order valence-corrected chi connectivity index (χ2v) is 4.95. The number of nitrogens with one attached hydrogen (secondary N) is 1. The number of hydrogen-bond acceptors (Lipinski definition) is 4. The molecule has 0 aliphatic carbocycles. The minimum absolute atomic E-state index is 0.201. The molecule has 0 atom stereocenters. The molecule has 0 fully saturated rings. The maximum Gasteiger partial charge on any atom is 0.251 e. The van der Waals surface area contributed by atoms with Gasteiger partial charge in [0.15, 0.2) is 5.76 Å². The van der Waals surface area contributed by atoms with Gasteiger partial charge in [-0.25, -0.2) is 4.98 Å². The standard InChI is InChI=1S/C16H12ClN3O2/c17-12-5-3-11(4-6-12)16(21)20-10-13-15(19-8-7-18-13)14-2-1-9-22-14/h1-9H,10H2,(H,20,21). The maximum absolute atomic E-state index is 12.1. The largest absolute Gasteiger partial charge is 0.463 e. The highest BCUT2D eigenvalue weighted by atomic mass is 35.5. The van der Waals surface area contributed by atoms with Crippen molar-refractivity contribution < 1.29 is 9.21 Å². The van der Waals surface area contributed by atoms with E-state index in [9.17, 15) is 4.79 Å². The van der Waals surface area contributed by atoms with Gasteiger partial charge in [-0.3, -0.25) is 9.78 Å². The van der Waals surface area contributed by atoms with E-state index < -0.39 is 0 Å². The van der Waals surface area contributed by atoms with Crippen LogP contribution in [0.3, 0.4) is 0 Å². The first kappa shape index (κ1) is 14.3. The number of halogens is 1. The van der Waals surface area contributed by atoms with E-state index in [0.29, 0.717) is 27.7 Å². The lowest BCUT2D eigenvalue weighted by Crippen LogP contribution is -2.23. The van der Waals surface area contributed by atoms with Crippen molar-refractivity contribution in [2.75, 3.05) is 0 Å². The molecule has 5 nitrogen and oxygen atoms in total. The van der Waals surface area contributed by atoms with Crippen molar-refractivity contribution >= 4 is 17.5 Å². The predicted molar refractivity (Wildman–Crippen MR) is 82.4 cm³/mol. The Bertz CT molecular complexity index is 770. The van der Waals surface area contributed by atoms with Crippen molar-refractivity contribution in [3.63, 3.8) is 0 Å². The fourth-order valence-electron chi connectivity index (χ4n) is 1.98. The predicted octanol–water partition coefficient (Wildman–Crippen LogP) is 3.32. The molecule has 1 amide bonds. The van der Waals surface area contributed by atoms with E-state index in [2.05, 4.69) is 15.3 Å². The Morgan fingerprint density at radius 3 is 2.64 bits per heavy atom. The molecule has 0 bridgehead atoms. The van der Waals surface area contributed by atoms with E-state index >= 15 is 0 Å². The van der Waals surface area contributed by atoms with Gasteiger partial charge in [-0.05, 0) is 36.4 Å². The minimum Gasteiger partial charge on any atom is -0.463 e. The molecule has 3 rings (SSSR count). The van der Waals surface area contributed by atoms with Crippen LogP contribution in [-0.2, 0) is 6.54 Å². The SMILES string of the molecule is O=C(NCc1nccnc1-c1ccco1)c1ccc(Cl)cc1. The van der Waals surface area contributed by atoms with Crippen molar-refractivity contribution in [2.45, 2.75) is 6.54 Å². The van der Waals surface area contributed by atoms with Gasteiger partial charge in [0.05, 0.1) is 18.5 Å². The summed E-state index contributed by atoms with van der Waals surface area (Å²) in [5, 5.41) is 3.40. The molecule has 0 aliphatic heterocycles. The molecule has 22 heavy (non-hydrogen) atoms. The number of nitrogens with zero attached hydrogens (tertiary/aromatic N) is 2. The first-order valence-corrected chi connectivity index (χ1v) is 6.99. The topological polar surface area (TPSA) is 68.0 Å². The summed E-state index contributed by atoms with van der Waals surface area (Å²) >= 11 is 5.81. The fraction of sp³-hybridized carbons (Fsp3) is 0.0625. The quantitative estimate of drug-likeness (QED) is 0.802. The van der Waals surface area contributed by atoms with Gasteiger partial charge in [0.2, 0.25) is 0 Å². The van der Waals surface area contributed by atoms with E-state index in [1.807, 2.05) is 0 Å². The van der Waals surface area contributed by atoms with Crippen LogP contribution in [0, 0.1) is 0 Å². The highest BCUT2D eigenvalue weighted by Gasteiger charge is 2.12. The smallest absolute Gasteiger partial charge is 0.251 e. The number of carbonyl (C=O) groups is 1. The van der Waals surface area contributed by atoms with Gasteiger partial charge in [0.1, 0.15) is 5.69 Å². The third-order valence-corrected chi connectivity index (χ3v) is 3.30. The molecule has 0 unspecified atom stereocenters. The van der Waals surface area contributed by atoms with Crippen LogP contribution in [0.1, 0.15) is 16.1 Å². The van der Waals surface area contributed by atoms with Crippen LogP contribution < -0.4 is 5.32 Å². The van der Waals surface area contributed by atoms with Gasteiger partial charge in [0, 0.05) is 23.0 Å². The minimum atomic E-state index is -0.201. The Kier molecular flexibility index (Phi) is 4.16. The summed E-state index contributed by atoms with van der Waals surface area (Å²) in [6.07, 6.45) is 4.73. The third-order valence-electron chi connectivity index (χ3n) is 3.05. The molecule has 0 aliphatic rings. The van der Waals surface area contributed by atoms with E-state index in [1.54, 1.807) is 55.1 Å². The molecular weight excluding hydrogens is 302 g/mol. The average Bonchev–Trinajstić information content (AvgIpc) is 3.08. The Hall–Kier alpha value is -2.66. The zero-order valence-corrected chi connectivity index (χ0v) is 12.2. The summed E-state index contributed by atoms with van der Waals surface area (Å²) < 4.78 is 5.33. The van der Waals surface area contributed by atoms with Crippen LogP contribution in [0.5, 0.6) is 0 Å². The second-order valence-electron chi connectivity index (χ2n) is 4.52. The van der Waals surface area contributed by atoms with Crippen molar-refractivity contribution in [3.8, 4) is 11.5 Å². The van der Waals surface area contributed by atoms with Gasteiger partial charge < -0.3 is 9.73 Å². The molecule has 0 saturated heterocycles. The van der Waals surface area contributed by atoms with Gasteiger partial charge in [-0.1, -0.05) is 11.6 Å². The summed E-state index contributed by atoms with van der Waals surface area (Å²) in [7, 11) is 0. The molecule has 6 heteroatoms. The number of aromatic nitrogens is 2. The van der Waals surface area contributed by atoms with E-state index in [1.165, 1.54) is 0 Å². The molecule has 1 N–H and O–H groups in total. The van der Waals surface area contributed by atoms with E-state index in [0.717, 1.165) is 0 Å². The highest BCUT2D eigenvalue weighted by Crippen LogP contribution is 2.19. The van der Waals surface area contributed by atoms with Gasteiger partial charge in [-0.15, -0.1) is 0 Å². The lowest BCUT2D eigenvalue weighted by Gasteiger charge is -2.07. The van der Waals surface area contributed by atoms with Crippen LogP contribution in [0.15, 0.2) is 59.5 Å². The number of hydrogen-bond donors (Lipinski definition) is 1. The summed E-state index contributed by atoms with van der Waals surface area (Å²) in [5.74, 6) is 0.413. The molecule has 2 aromatic heterocycles. The van der Waals surface area contributed by atoms with Crippen molar-refractivity contribution in [1.82, 2.24) is 15.3 Å². The molecular formula is C16H12ClN3O2. The second kappa shape index (κ2) is 6.41. The Labute approximate surface area is 132 Å². The Morgan fingerprint density at radius 1 is 1.14 bits per heavy atom. The molecule has 2 heterocycles. The van der Waals surface area contributed by atoms with E-state index in [4.69, 9.17) is 16.0 Å². The third kappa shape index (κ3) is 3.15. The summed E-state index contributed by atoms with van der Waals surface area (Å²) in [6.45, 7) is 0.255. The lowest BCUT2D eigenvalue weighted by atomic mass is 10.2. The molecule has 0 radical (unpaired) electrons. The zero-order valence-electron chi connectivity index (χ0n) is 11.5. The van der Waals surface area contributed by atoms with Crippen LogP contribution >= 0.6 is 11.6 Å². The van der Waals surface area contributed by atoms with Crippen LogP contribution in [-0.4, -0.2) is 15.9 Å². The first-order valence-electron chi connectivity index (χ1n) is 6.61. The van der Waals surface area contributed by atoms with Crippen LogP contribution in [0.4, 0.5) is 0 Å². The van der Waals surface area contributed by atoms with Crippen molar-refractivity contribution in [1.29, 1.82) is 0 Å². The Morgan fingerprint density at radius 2 is 1.91 bits per heavy atom. The van der Waals surface area contributed by atoms with Crippen molar-refractivity contribution in [3.05, 3.63) is 71.3 Å². The first-order chi connectivity index (χ1) is 10.7. The van der Waals surface area contributed by atoms with Crippen LogP contribution in [0.2, 0.25) is 5.02 Å². The molecule has 3 aromatic rings. The molecule has 110 valence electrons. The maximum atomic E-state index is 12.1. The number of carbonyl (C=O) groups excluding carboxylic acids is 1. The summed E-state index contributed by atoms with van der Waals surface area (Å²) in [4.78, 5) is 20.6. The van der Waals surface area contributed by atoms with E-state index in [-0.39, 0.29) is 12.5 Å². The normalized spacial score (nSPS) is 10.4. The number of amides is 1. The molecule has 0 spiro atoms. The average molecular weight is 314 g/mol. The lowest BCUT2D eigenvalue weighted by molar-refractivity contribution is 0.0950. The van der Waals surface area contributed by atoms with Gasteiger partial charge >= 0.3 is 0 Å². The van der Waals surface area contributed by atoms with Crippen LogP contribution in [0.25, 0.3) is 11.5 Å².